The first-order valence-corrected chi connectivity index (χ1v) is 6.62. The van der Waals surface area contributed by atoms with Crippen molar-refractivity contribution < 1.29 is 9.47 Å². The molecule has 0 heterocycles. The van der Waals surface area contributed by atoms with Gasteiger partial charge in [-0.25, -0.2) is 0 Å². The van der Waals surface area contributed by atoms with Crippen LogP contribution in [0.4, 0.5) is 0 Å². The lowest BCUT2D eigenvalue weighted by molar-refractivity contribution is 0.242. The van der Waals surface area contributed by atoms with Crippen LogP contribution in [-0.4, -0.2) is 19.8 Å². The molecule has 3 heteroatoms. The van der Waals surface area contributed by atoms with Crippen molar-refractivity contribution in [1.82, 2.24) is 0 Å². The third-order valence-corrected chi connectivity index (χ3v) is 3.03. The van der Waals surface area contributed by atoms with Crippen LogP contribution in [0.5, 0.6) is 11.5 Å². The molecule has 0 fully saturated rings. The van der Waals surface area contributed by atoms with Crippen molar-refractivity contribution in [3.05, 3.63) is 23.8 Å². The molecule has 1 rings (SSSR count). The van der Waals surface area contributed by atoms with E-state index in [0.717, 1.165) is 29.9 Å². The molecule has 0 radical (unpaired) electrons. The first-order chi connectivity index (χ1) is 8.58. The molecule has 0 aliphatic heterocycles. The fourth-order valence-corrected chi connectivity index (χ4v) is 1.74. The van der Waals surface area contributed by atoms with Crippen LogP contribution in [0.1, 0.15) is 32.8 Å². The molecule has 0 saturated heterocycles. The summed E-state index contributed by atoms with van der Waals surface area (Å²) in [5.41, 5.74) is 6.99. The molecule has 0 aliphatic rings. The van der Waals surface area contributed by atoms with Gasteiger partial charge in [0.15, 0.2) is 11.5 Å². The van der Waals surface area contributed by atoms with Crippen LogP contribution >= 0.6 is 0 Å². The Morgan fingerprint density at radius 2 is 2.00 bits per heavy atom. The second-order valence-electron chi connectivity index (χ2n) is 4.95. The van der Waals surface area contributed by atoms with Crippen molar-refractivity contribution in [1.29, 1.82) is 0 Å². The highest BCUT2D eigenvalue weighted by Crippen LogP contribution is 2.32. The Morgan fingerprint density at radius 3 is 2.56 bits per heavy atom. The normalized spacial score (nSPS) is 14.1. The van der Waals surface area contributed by atoms with Gasteiger partial charge in [-0.1, -0.05) is 32.4 Å². The summed E-state index contributed by atoms with van der Waals surface area (Å²) in [6.07, 6.45) is 1.91. The van der Waals surface area contributed by atoms with Crippen molar-refractivity contribution in [3.8, 4) is 11.5 Å². The third-order valence-electron chi connectivity index (χ3n) is 3.03. The lowest BCUT2D eigenvalue weighted by Gasteiger charge is -2.18. The van der Waals surface area contributed by atoms with Gasteiger partial charge in [-0.05, 0) is 30.9 Å². The largest absolute Gasteiger partial charge is 0.493 e. The van der Waals surface area contributed by atoms with Crippen LogP contribution in [-0.2, 0) is 6.42 Å². The molecule has 0 spiro atoms. The highest BCUT2D eigenvalue weighted by Gasteiger charge is 2.13. The summed E-state index contributed by atoms with van der Waals surface area (Å²) in [5.74, 6) is 2.17. The van der Waals surface area contributed by atoms with E-state index in [-0.39, 0.29) is 6.04 Å². The molecule has 0 amide bonds. The van der Waals surface area contributed by atoms with E-state index in [1.54, 1.807) is 7.11 Å². The summed E-state index contributed by atoms with van der Waals surface area (Å²) in [4.78, 5) is 0. The summed E-state index contributed by atoms with van der Waals surface area (Å²) in [7, 11) is 1.67. The molecule has 1 aromatic carbocycles. The first-order valence-electron chi connectivity index (χ1n) is 6.62. The van der Waals surface area contributed by atoms with Crippen molar-refractivity contribution in [2.24, 2.45) is 11.7 Å². The van der Waals surface area contributed by atoms with Gasteiger partial charge in [0.2, 0.25) is 0 Å². The minimum absolute atomic E-state index is 0.114. The van der Waals surface area contributed by atoms with Gasteiger partial charge in [-0.15, -0.1) is 0 Å². The fraction of sp³-hybridized carbons (Fsp3) is 0.600. The minimum Gasteiger partial charge on any atom is -0.493 e. The molecule has 102 valence electrons. The Hall–Kier alpha value is -1.22. The van der Waals surface area contributed by atoms with Crippen molar-refractivity contribution in [3.63, 3.8) is 0 Å². The van der Waals surface area contributed by atoms with Crippen molar-refractivity contribution in [2.45, 2.75) is 39.7 Å². The smallest absolute Gasteiger partial charge is 0.164 e. The number of rotatable bonds is 7. The van der Waals surface area contributed by atoms with Gasteiger partial charge >= 0.3 is 0 Å². The van der Waals surface area contributed by atoms with E-state index in [1.165, 1.54) is 0 Å². The molecule has 2 atom stereocenters. The summed E-state index contributed by atoms with van der Waals surface area (Å²) in [6.45, 7) is 7.06. The van der Waals surface area contributed by atoms with Gasteiger partial charge in [-0.2, -0.15) is 0 Å². The van der Waals surface area contributed by atoms with Crippen LogP contribution in [0.15, 0.2) is 18.2 Å². The molecule has 0 saturated carbocycles. The SMILES string of the molecule is CCC(C)COc1c(CC(C)N)cccc1OC. The van der Waals surface area contributed by atoms with E-state index < -0.39 is 0 Å². The van der Waals surface area contributed by atoms with Crippen LogP contribution in [0.2, 0.25) is 0 Å². The zero-order valence-corrected chi connectivity index (χ0v) is 11.9. The Balaban J connectivity index is 2.89. The van der Waals surface area contributed by atoms with Gasteiger partial charge in [0.25, 0.3) is 0 Å². The molecular weight excluding hydrogens is 226 g/mol. The van der Waals surface area contributed by atoms with Crippen molar-refractivity contribution >= 4 is 0 Å². The average Bonchev–Trinajstić information content (AvgIpc) is 2.35. The highest BCUT2D eigenvalue weighted by molar-refractivity contribution is 5.47. The van der Waals surface area contributed by atoms with Gasteiger partial charge < -0.3 is 15.2 Å². The number of hydrogen-bond acceptors (Lipinski definition) is 3. The molecule has 0 aliphatic carbocycles. The van der Waals surface area contributed by atoms with E-state index in [2.05, 4.69) is 19.9 Å². The fourth-order valence-electron chi connectivity index (χ4n) is 1.74. The highest BCUT2D eigenvalue weighted by atomic mass is 16.5. The topological polar surface area (TPSA) is 44.5 Å². The quantitative estimate of drug-likeness (QED) is 0.810. The number of benzene rings is 1. The predicted molar refractivity (Wildman–Crippen MR) is 75.3 cm³/mol. The van der Waals surface area contributed by atoms with Gasteiger partial charge in [0.1, 0.15) is 0 Å². The molecular formula is C15H25NO2. The monoisotopic (exact) mass is 251 g/mol. The average molecular weight is 251 g/mol. The van der Waals surface area contributed by atoms with Crippen LogP contribution < -0.4 is 15.2 Å². The van der Waals surface area contributed by atoms with E-state index in [0.29, 0.717) is 12.5 Å². The van der Waals surface area contributed by atoms with Gasteiger partial charge in [0.05, 0.1) is 13.7 Å². The number of ether oxygens (including phenoxy) is 2. The van der Waals surface area contributed by atoms with Crippen molar-refractivity contribution in [2.75, 3.05) is 13.7 Å². The summed E-state index contributed by atoms with van der Waals surface area (Å²) in [6, 6.07) is 6.07. The molecule has 1 aromatic rings. The van der Waals surface area contributed by atoms with Gasteiger partial charge in [-0.3, -0.25) is 0 Å². The molecule has 0 aromatic heterocycles. The lowest BCUT2D eigenvalue weighted by atomic mass is 10.1. The molecule has 2 N–H and O–H groups in total. The number of para-hydroxylation sites is 1. The molecule has 0 bridgehead atoms. The summed E-state index contributed by atoms with van der Waals surface area (Å²) in [5, 5.41) is 0. The Bertz CT molecular complexity index is 364. The first kappa shape index (κ1) is 14.8. The predicted octanol–water partition coefficient (Wildman–Crippen LogP) is 3.01. The van der Waals surface area contributed by atoms with E-state index >= 15 is 0 Å². The second-order valence-corrected chi connectivity index (χ2v) is 4.95. The van der Waals surface area contributed by atoms with Crippen LogP contribution in [0.25, 0.3) is 0 Å². The Labute approximate surface area is 110 Å². The van der Waals surface area contributed by atoms with E-state index in [1.807, 2.05) is 19.1 Å². The standard InChI is InChI=1S/C15H25NO2/c1-5-11(2)10-18-15-13(9-12(3)16)7-6-8-14(15)17-4/h6-8,11-12H,5,9-10,16H2,1-4H3. The number of methoxy groups -OCH3 is 1. The molecule has 3 nitrogen and oxygen atoms in total. The zero-order chi connectivity index (χ0) is 13.5. The molecule has 18 heavy (non-hydrogen) atoms. The molecule has 2 unspecified atom stereocenters. The maximum absolute atomic E-state index is 5.93. The van der Waals surface area contributed by atoms with Gasteiger partial charge in [0, 0.05) is 6.04 Å². The van der Waals surface area contributed by atoms with Crippen LogP contribution in [0.3, 0.4) is 0 Å². The lowest BCUT2D eigenvalue weighted by Crippen LogP contribution is -2.19. The zero-order valence-electron chi connectivity index (χ0n) is 11.9. The number of nitrogens with two attached hydrogens (primary N) is 1. The minimum atomic E-state index is 0.114. The maximum atomic E-state index is 5.93. The Kier molecular flexibility index (Phi) is 5.99. The maximum Gasteiger partial charge on any atom is 0.164 e. The summed E-state index contributed by atoms with van der Waals surface area (Å²) < 4.78 is 11.3. The van der Waals surface area contributed by atoms with Crippen LogP contribution in [0, 0.1) is 5.92 Å². The van der Waals surface area contributed by atoms with E-state index in [9.17, 15) is 0 Å². The second kappa shape index (κ2) is 7.27. The Morgan fingerprint density at radius 1 is 1.28 bits per heavy atom. The number of hydrogen-bond donors (Lipinski definition) is 1. The van der Waals surface area contributed by atoms with E-state index in [4.69, 9.17) is 15.2 Å². The summed E-state index contributed by atoms with van der Waals surface area (Å²) >= 11 is 0. The third kappa shape index (κ3) is 4.22.